The molecule has 90 valence electrons. The van der Waals surface area contributed by atoms with Crippen molar-refractivity contribution in [3.8, 4) is 0 Å². The molecule has 0 bridgehead atoms. The number of rotatable bonds is 6. The summed E-state index contributed by atoms with van der Waals surface area (Å²) in [6, 6.07) is 3.19. The van der Waals surface area contributed by atoms with Crippen LogP contribution in [-0.4, -0.2) is 42.7 Å². The Balaban J connectivity index is 2.57. The Kier molecular flexibility index (Phi) is 4.52. The van der Waals surface area contributed by atoms with Gasteiger partial charge in [0.15, 0.2) is 0 Å². The van der Waals surface area contributed by atoms with E-state index in [1.165, 1.54) is 0 Å². The normalized spacial score (nSPS) is 15.0. The standard InChI is InChI=1S/C11H18N2O3/c1-8(11(14)15)12-7-9(13(2)3)10-5-4-6-16-10/h4-6,8-9,12H,7H2,1-3H3,(H,14,15). The van der Waals surface area contributed by atoms with Crippen molar-refractivity contribution >= 4 is 5.97 Å². The second kappa shape index (κ2) is 5.67. The molecule has 1 heterocycles. The minimum absolute atomic E-state index is 0.0387. The van der Waals surface area contributed by atoms with Gasteiger partial charge >= 0.3 is 5.97 Å². The molecule has 0 aliphatic rings. The molecular formula is C11H18N2O3. The molecule has 0 saturated heterocycles. The van der Waals surface area contributed by atoms with Crippen LogP contribution in [0.5, 0.6) is 0 Å². The Morgan fingerprint density at radius 1 is 1.62 bits per heavy atom. The van der Waals surface area contributed by atoms with Crippen molar-refractivity contribution in [2.75, 3.05) is 20.6 Å². The predicted octanol–water partition coefficient (Wildman–Crippen LogP) is 0.945. The highest BCUT2D eigenvalue weighted by Crippen LogP contribution is 2.17. The van der Waals surface area contributed by atoms with Crippen LogP contribution < -0.4 is 5.32 Å². The van der Waals surface area contributed by atoms with Gasteiger partial charge < -0.3 is 14.8 Å². The highest BCUT2D eigenvalue weighted by atomic mass is 16.4. The van der Waals surface area contributed by atoms with Gasteiger partial charge in [-0.05, 0) is 33.2 Å². The average molecular weight is 226 g/mol. The number of hydrogen-bond acceptors (Lipinski definition) is 4. The molecule has 2 atom stereocenters. The van der Waals surface area contributed by atoms with Gasteiger partial charge in [-0.15, -0.1) is 0 Å². The van der Waals surface area contributed by atoms with E-state index < -0.39 is 12.0 Å². The third-order valence-electron chi connectivity index (χ3n) is 2.48. The van der Waals surface area contributed by atoms with Crippen molar-refractivity contribution in [1.82, 2.24) is 10.2 Å². The predicted molar refractivity (Wildman–Crippen MR) is 60.2 cm³/mol. The summed E-state index contributed by atoms with van der Waals surface area (Å²) in [5.41, 5.74) is 0. The van der Waals surface area contributed by atoms with E-state index in [0.717, 1.165) is 5.76 Å². The minimum atomic E-state index is -0.850. The molecule has 0 fully saturated rings. The number of aliphatic carboxylic acids is 1. The first kappa shape index (κ1) is 12.7. The average Bonchev–Trinajstić information content (AvgIpc) is 2.70. The highest BCUT2D eigenvalue weighted by molar-refractivity contribution is 5.72. The summed E-state index contributed by atoms with van der Waals surface area (Å²) in [5.74, 6) is -0.0213. The van der Waals surface area contributed by atoms with E-state index in [-0.39, 0.29) is 6.04 Å². The zero-order valence-corrected chi connectivity index (χ0v) is 9.80. The van der Waals surface area contributed by atoms with Gasteiger partial charge in [-0.25, -0.2) is 0 Å². The van der Waals surface area contributed by atoms with Crippen LogP contribution in [0, 0.1) is 0 Å². The van der Waals surface area contributed by atoms with Crippen LogP contribution in [0.25, 0.3) is 0 Å². The maximum absolute atomic E-state index is 10.7. The Labute approximate surface area is 95.0 Å². The van der Waals surface area contributed by atoms with Crippen molar-refractivity contribution in [3.63, 3.8) is 0 Å². The molecule has 1 aromatic rings. The molecule has 1 rings (SSSR count). The van der Waals surface area contributed by atoms with Gasteiger partial charge in [0.05, 0.1) is 12.3 Å². The molecule has 5 heteroatoms. The number of carboxylic acids is 1. The topological polar surface area (TPSA) is 65.7 Å². The lowest BCUT2D eigenvalue weighted by Crippen LogP contribution is -2.39. The summed E-state index contributed by atoms with van der Waals surface area (Å²) in [7, 11) is 3.86. The van der Waals surface area contributed by atoms with Crippen LogP contribution in [0.2, 0.25) is 0 Å². The first-order chi connectivity index (χ1) is 7.52. The van der Waals surface area contributed by atoms with Gasteiger partial charge in [-0.1, -0.05) is 0 Å². The molecule has 5 nitrogen and oxygen atoms in total. The lowest BCUT2D eigenvalue weighted by atomic mass is 10.2. The number of furan rings is 1. The van der Waals surface area contributed by atoms with E-state index in [9.17, 15) is 4.79 Å². The van der Waals surface area contributed by atoms with Crippen LogP contribution in [-0.2, 0) is 4.79 Å². The minimum Gasteiger partial charge on any atom is -0.480 e. The SMILES string of the molecule is CC(NCC(c1ccco1)N(C)C)C(=O)O. The van der Waals surface area contributed by atoms with Crippen molar-refractivity contribution in [1.29, 1.82) is 0 Å². The van der Waals surface area contributed by atoms with Gasteiger partial charge in [0, 0.05) is 6.54 Å². The van der Waals surface area contributed by atoms with E-state index in [1.807, 2.05) is 31.1 Å². The van der Waals surface area contributed by atoms with Gasteiger partial charge in [-0.2, -0.15) is 0 Å². The number of carboxylic acid groups (broad SMARTS) is 1. The van der Waals surface area contributed by atoms with E-state index in [1.54, 1.807) is 13.2 Å². The number of carbonyl (C=O) groups is 1. The fourth-order valence-corrected chi connectivity index (χ4v) is 1.39. The van der Waals surface area contributed by atoms with Crippen LogP contribution >= 0.6 is 0 Å². The number of hydrogen-bond donors (Lipinski definition) is 2. The van der Waals surface area contributed by atoms with Gasteiger partial charge in [0.2, 0.25) is 0 Å². The Morgan fingerprint density at radius 3 is 2.75 bits per heavy atom. The molecule has 2 unspecified atom stereocenters. The summed E-state index contributed by atoms with van der Waals surface area (Å²) < 4.78 is 5.32. The molecule has 0 aromatic carbocycles. The third kappa shape index (κ3) is 3.36. The maximum atomic E-state index is 10.7. The van der Waals surface area contributed by atoms with Crippen LogP contribution in [0.4, 0.5) is 0 Å². The highest BCUT2D eigenvalue weighted by Gasteiger charge is 2.19. The fourth-order valence-electron chi connectivity index (χ4n) is 1.39. The Bertz CT molecular complexity index is 322. The van der Waals surface area contributed by atoms with Crippen molar-refractivity contribution in [2.24, 2.45) is 0 Å². The smallest absolute Gasteiger partial charge is 0.320 e. The Morgan fingerprint density at radius 2 is 2.31 bits per heavy atom. The quantitative estimate of drug-likeness (QED) is 0.756. The first-order valence-corrected chi connectivity index (χ1v) is 5.18. The van der Waals surface area contributed by atoms with Gasteiger partial charge in [0.25, 0.3) is 0 Å². The summed E-state index contributed by atoms with van der Waals surface area (Å²) in [6.07, 6.45) is 1.62. The van der Waals surface area contributed by atoms with Gasteiger partial charge in [0.1, 0.15) is 11.8 Å². The zero-order chi connectivity index (χ0) is 12.1. The Hall–Kier alpha value is -1.33. The van der Waals surface area contributed by atoms with Crippen LogP contribution in [0.1, 0.15) is 18.7 Å². The summed E-state index contributed by atoms with van der Waals surface area (Å²) in [4.78, 5) is 12.7. The molecule has 16 heavy (non-hydrogen) atoms. The summed E-state index contributed by atoms with van der Waals surface area (Å²) >= 11 is 0. The fraction of sp³-hybridized carbons (Fsp3) is 0.545. The van der Waals surface area contributed by atoms with E-state index in [2.05, 4.69) is 5.32 Å². The summed E-state index contributed by atoms with van der Waals surface area (Å²) in [6.45, 7) is 2.16. The molecule has 0 saturated carbocycles. The van der Waals surface area contributed by atoms with E-state index in [0.29, 0.717) is 6.54 Å². The monoisotopic (exact) mass is 226 g/mol. The molecule has 1 aromatic heterocycles. The molecule has 0 aliphatic carbocycles. The van der Waals surface area contributed by atoms with Crippen molar-refractivity contribution in [3.05, 3.63) is 24.2 Å². The van der Waals surface area contributed by atoms with Gasteiger partial charge in [-0.3, -0.25) is 9.69 Å². The number of likely N-dealkylation sites (N-methyl/N-ethyl adjacent to an activating group) is 1. The second-order valence-corrected chi connectivity index (χ2v) is 3.96. The van der Waals surface area contributed by atoms with E-state index >= 15 is 0 Å². The van der Waals surface area contributed by atoms with Crippen LogP contribution in [0.3, 0.4) is 0 Å². The largest absolute Gasteiger partial charge is 0.480 e. The lowest BCUT2D eigenvalue weighted by Gasteiger charge is -2.23. The third-order valence-corrected chi connectivity index (χ3v) is 2.48. The molecule has 2 N–H and O–H groups in total. The first-order valence-electron chi connectivity index (χ1n) is 5.18. The molecular weight excluding hydrogens is 208 g/mol. The zero-order valence-electron chi connectivity index (χ0n) is 9.80. The molecule has 0 radical (unpaired) electrons. The lowest BCUT2D eigenvalue weighted by molar-refractivity contribution is -0.139. The maximum Gasteiger partial charge on any atom is 0.320 e. The van der Waals surface area contributed by atoms with Crippen molar-refractivity contribution in [2.45, 2.75) is 19.0 Å². The molecule has 0 aliphatic heterocycles. The molecule has 0 spiro atoms. The van der Waals surface area contributed by atoms with E-state index in [4.69, 9.17) is 9.52 Å². The summed E-state index contributed by atoms with van der Waals surface area (Å²) in [5, 5.41) is 11.7. The van der Waals surface area contributed by atoms with Crippen molar-refractivity contribution < 1.29 is 14.3 Å². The van der Waals surface area contributed by atoms with Crippen LogP contribution in [0.15, 0.2) is 22.8 Å². The number of nitrogens with zero attached hydrogens (tertiary/aromatic N) is 1. The number of nitrogens with one attached hydrogen (secondary N) is 1. The second-order valence-electron chi connectivity index (χ2n) is 3.96. The molecule has 0 amide bonds.